The van der Waals surface area contributed by atoms with Gasteiger partial charge < -0.3 is 10.1 Å². The van der Waals surface area contributed by atoms with Crippen molar-refractivity contribution in [3.8, 4) is 5.75 Å². The quantitative estimate of drug-likeness (QED) is 0.581. The SMILES string of the molecule is CNC(=O)C(C)Oc1cc(C)c(S(N)(=O)=O)cc1[N+](=O)[O-]. The average Bonchev–Trinajstić information content (AvgIpc) is 2.35. The largest absolute Gasteiger partial charge is 0.474 e. The van der Waals surface area contributed by atoms with Gasteiger partial charge in [0, 0.05) is 13.1 Å². The van der Waals surface area contributed by atoms with E-state index >= 15 is 0 Å². The number of benzene rings is 1. The molecular formula is C11H15N3O6S. The second-order valence-electron chi connectivity index (χ2n) is 4.26. The van der Waals surface area contributed by atoms with Crippen LogP contribution in [0.5, 0.6) is 5.75 Å². The molecule has 1 amide bonds. The van der Waals surface area contributed by atoms with Crippen LogP contribution < -0.4 is 15.2 Å². The van der Waals surface area contributed by atoms with Crippen LogP contribution in [0.4, 0.5) is 5.69 Å². The Labute approximate surface area is 121 Å². The lowest BCUT2D eigenvalue weighted by atomic mass is 10.2. The predicted molar refractivity (Wildman–Crippen MR) is 73.4 cm³/mol. The van der Waals surface area contributed by atoms with E-state index in [1.165, 1.54) is 20.9 Å². The number of hydrogen-bond donors (Lipinski definition) is 2. The fourth-order valence-electron chi connectivity index (χ4n) is 1.64. The number of nitrogens with two attached hydrogens (primary N) is 1. The Balaban J connectivity index is 3.37. The number of nitrogens with zero attached hydrogens (tertiary/aromatic N) is 1. The van der Waals surface area contributed by atoms with Gasteiger partial charge in [0.2, 0.25) is 10.0 Å². The molecule has 21 heavy (non-hydrogen) atoms. The van der Waals surface area contributed by atoms with Gasteiger partial charge >= 0.3 is 5.69 Å². The highest BCUT2D eigenvalue weighted by molar-refractivity contribution is 7.89. The summed E-state index contributed by atoms with van der Waals surface area (Å²) >= 11 is 0. The molecule has 0 aliphatic carbocycles. The molecule has 0 spiro atoms. The Morgan fingerprint density at radius 2 is 2.05 bits per heavy atom. The first-order valence-electron chi connectivity index (χ1n) is 5.78. The maximum Gasteiger partial charge on any atom is 0.312 e. The third kappa shape index (κ3) is 3.89. The minimum atomic E-state index is -4.10. The van der Waals surface area contributed by atoms with Crippen LogP contribution in [0.25, 0.3) is 0 Å². The summed E-state index contributed by atoms with van der Waals surface area (Å²) in [6, 6.07) is 1.98. The summed E-state index contributed by atoms with van der Waals surface area (Å²) in [6.45, 7) is 2.83. The van der Waals surface area contributed by atoms with Crippen molar-refractivity contribution in [3.05, 3.63) is 27.8 Å². The molecule has 0 radical (unpaired) electrons. The van der Waals surface area contributed by atoms with Gasteiger partial charge in [-0.25, -0.2) is 13.6 Å². The summed E-state index contributed by atoms with van der Waals surface area (Å²) in [5.74, 6) is -0.682. The van der Waals surface area contributed by atoms with Gasteiger partial charge in [-0.3, -0.25) is 14.9 Å². The molecule has 0 fully saturated rings. The number of nitro groups is 1. The van der Waals surface area contributed by atoms with Crippen LogP contribution in [-0.4, -0.2) is 32.4 Å². The van der Waals surface area contributed by atoms with Crippen LogP contribution in [0.3, 0.4) is 0 Å². The molecule has 9 nitrogen and oxygen atoms in total. The molecule has 116 valence electrons. The molecular weight excluding hydrogens is 302 g/mol. The van der Waals surface area contributed by atoms with Gasteiger partial charge in [-0.05, 0) is 25.5 Å². The monoisotopic (exact) mass is 317 g/mol. The predicted octanol–water partition coefficient (Wildman–Crippen LogP) is 0.0639. The number of aryl methyl sites for hydroxylation is 1. The maximum atomic E-state index is 11.4. The van der Waals surface area contributed by atoms with E-state index in [0.717, 1.165) is 12.1 Å². The standard InChI is InChI=1S/C11H15N3O6S/c1-6-4-9(20-7(2)11(15)13-3)8(14(16)17)5-10(6)21(12,18)19/h4-5,7H,1-3H3,(H,13,15)(H2,12,18,19). The molecule has 1 unspecified atom stereocenters. The number of likely N-dealkylation sites (N-methyl/N-ethyl adjacent to an activating group) is 1. The Kier molecular flexibility index (Phi) is 4.86. The summed E-state index contributed by atoms with van der Waals surface area (Å²) in [7, 11) is -2.70. The van der Waals surface area contributed by atoms with Crippen LogP contribution in [0, 0.1) is 17.0 Å². The highest BCUT2D eigenvalue weighted by Crippen LogP contribution is 2.32. The summed E-state index contributed by atoms with van der Waals surface area (Å²) in [6.07, 6.45) is -0.978. The molecule has 3 N–H and O–H groups in total. The molecule has 0 aromatic heterocycles. The number of carbonyl (C=O) groups excluding carboxylic acids is 1. The minimum Gasteiger partial charge on any atom is -0.474 e. The molecule has 0 aliphatic heterocycles. The van der Waals surface area contributed by atoms with E-state index in [9.17, 15) is 23.3 Å². The number of primary sulfonamides is 1. The second-order valence-corrected chi connectivity index (χ2v) is 5.79. The first-order valence-corrected chi connectivity index (χ1v) is 7.32. The number of nitro benzene ring substituents is 1. The lowest BCUT2D eigenvalue weighted by Gasteiger charge is -2.14. The van der Waals surface area contributed by atoms with Gasteiger partial charge in [0.1, 0.15) is 0 Å². The van der Waals surface area contributed by atoms with Crippen LogP contribution in [0.15, 0.2) is 17.0 Å². The van der Waals surface area contributed by atoms with Crippen LogP contribution in [0.1, 0.15) is 12.5 Å². The fourth-order valence-corrected chi connectivity index (χ4v) is 2.43. The molecule has 1 atom stereocenters. The lowest BCUT2D eigenvalue weighted by molar-refractivity contribution is -0.386. The number of sulfonamides is 1. The molecule has 0 aliphatic rings. The van der Waals surface area contributed by atoms with Gasteiger partial charge in [-0.2, -0.15) is 0 Å². The van der Waals surface area contributed by atoms with E-state index in [2.05, 4.69) is 5.32 Å². The topological polar surface area (TPSA) is 142 Å². The van der Waals surface area contributed by atoms with Crippen LogP contribution in [-0.2, 0) is 14.8 Å². The summed E-state index contributed by atoms with van der Waals surface area (Å²) in [5, 5.41) is 18.3. The van der Waals surface area contributed by atoms with Crippen molar-refractivity contribution < 1.29 is 22.9 Å². The van der Waals surface area contributed by atoms with E-state index < -0.39 is 32.6 Å². The van der Waals surface area contributed by atoms with Crippen LogP contribution in [0.2, 0.25) is 0 Å². The van der Waals surface area contributed by atoms with Crippen molar-refractivity contribution in [2.24, 2.45) is 5.14 Å². The zero-order valence-corrected chi connectivity index (χ0v) is 12.4. The number of ether oxygens (including phenoxy) is 1. The lowest BCUT2D eigenvalue weighted by Crippen LogP contribution is -2.33. The Hall–Kier alpha value is -2.20. The zero-order chi connectivity index (χ0) is 16.4. The Morgan fingerprint density at radius 1 is 1.48 bits per heavy atom. The summed E-state index contributed by atoms with van der Waals surface area (Å²) in [5.41, 5.74) is -0.400. The molecule has 0 heterocycles. The highest BCUT2D eigenvalue weighted by Gasteiger charge is 2.25. The van der Waals surface area contributed by atoms with Gasteiger partial charge in [-0.1, -0.05) is 0 Å². The van der Waals surface area contributed by atoms with E-state index in [4.69, 9.17) is 9.88 Å². The summed E-state index contributed by atoms with van der Waals surface area (Å²) in [4.78, 5) is 21.2. The smallest absolute Gasteiger partial charge is 0.312 e. The molecule has 1 rings (SSSR count). The first-order chi connectivity index (χ1) is 9.57. The fraction of sp³-hybridized carbons (Fsp3) is 0.364. The third-order valence-corrected chi connectivity index (χ3v) is 3.73. The van der Waals surface area contributed by atoms with E-state index in [0.29, 0.717) is 0 Å². The highest BCUT2D eigenvalue weighted by atomic mass is 32.2. The zero-order valence-electron chi connectivity index (χ0n) is 11.6. The third-order valence-electron chi connectivity index (χ3n) is 2.68. The number of amides is 1. The Morgan fingerprint density at radius 3 is 2.48 bits per heavy atom. The molecule has 0 saturated heterocycles. The van der Waals surface area contributed by atoms with E-state index in [1.807, 2.05) is 0 Å². The molecule has 10 heteroatoms. The molecule has 1 aromatic rings. The maximum absolute atomic E-state index is 11.4. The van der Waals surface area contributed by atoms with Crippen molar-refractivity contribution in [1.82, 2.24) is 5.32 Å². The van der Waals surface area contributed by atoms with Crippen molar-refractivity contribution >= 4 is 21.6 Å². The van der Waals surface area contributed by atoms with Crippen LogP contribution >= 0.6 is 0 Å². The number of carbonyl (C=O) groups is 1. The molecule has 1 aromatic carbocycles. The second kappa shape index (κ2) is 6.06. The molecule has 0 saturated carbocycles. The van der Waals surface area contributed by atoms with Gasteiger partial charge in [0.05, 0.1) is 9.82 Å². The summed E-state index contributed by atoms with van der Waals surface area (Å²) < 4.78 is 28.0. The van der Waals surface area contributed by atoms with Crippen molar-refractivity contribution in [1.29, 1.82) is 0 Å². The van der Waals surface area contributed by atoms with Gasteiger partial charge in [0.25, 0.3) is 5.91 Å². The number of rotatable bonds is 5. The van der Waals surface area contributed by atoms with E-state index in [-0.39, 0.29) is 16.2 Å². The van der Waals surface area contributed by atoms with Gasteiger partial charge in [0.15, 0.2) is 11.9 Å². The average molecular weight is 317 g/mol. The normalized spacial score (nSPS) is 12.6. The minimum absolute atomic E-state index is 0.183. The number of hydrogen-bond acceptors (Lipinski definition) is 6. The molecule has 0 bridgehead atoms. The van der Waals surface area contributed by atoms with E-state index in [1.54, 1.807) is 0 Å². The number of nitrogens with one attached hydrogen (secondary N) is 1. The van der Waals surface area contributed by atoms with Crippen molar-refractivity contribution in [2.75, 3.05) is 7.05 Å². The van der Waals surface area contributed by atoms with Gasteiger partial charge in [-0.15, -0.1) is 0 Å². The first kappa shape index (κ1) is 16.9. The Bertz CT molecular complexity index is 685. The van der Waals surface area contributed by atoms with Crippen molar-refractivity contribution in [3.63, 3.8) is 0 Å². The van der Waals surface area contributed by atoms with Crippen molar-refractivity contribution in [2.45, 2.75) is 24.8 Å².